The van der Waals surface area contributed by atoms with Crippen molar-refractivity contribution in [3.05, 3.63) is 35.9 Å². The van der Waals surface area contributed by atoms with Crippen molar-refractivity contribution in [3.63, 3.8) is 0 Å². The molecule has 3 atom stereocenters. The van der Waals surface area contributed by atoms with Crippen LogP contribution in [0.1, 0.15) is 50.5 Å². The maximum atomic E-state index is 13.0. The molecule has 3 aliphatic heterocycles. The van der Waals surface area contributed by atoms with Gasteiger partial charge < -0.3 is 10.2 Å². The molecule has 0 spiro atoms. The highest BCUT2D eigenvalue weighted by Crippen LogP contribution is 2.35. The quantitative estimate of drug-likeness (QED) is 0.884. The molecule has 1 saturated carbocycles. The minimum absolute atomic E-state index is 0.308. The van der Waals surface area contributed by atoms with Crippen LogP contribution in [0.3, 0.4) is 0 Å². The fourth-order valence-electron chi connectivity index (χ4n) is 5.41. The molecule has 3 saturated heterocycles. The van der Waals surface area contributed by atoms with Gasteiger partial charge in [-0.3, -0.25) is 9.69 Å². The highest BCUT2D eigenvalue weighted by Gasteiger charge is 2.42. The molecule has 1 aliphatic carbocycles. The minimum atomic E-state index is 0.308. The second kappa shape index (κ2) is 6.97. The van der Waals surface area contributed by atoms with Gasteiger partial charge in [0, 0.05) is 49.7 Å². The van der Waals surface area contributed by atoms with Gasteiger partial charge in [0.1, 0.15) is 0 Å². The van der Waals surface area contributed by atoms with Crippen molar-refractivity contribution in [3.8, 4) is 0 Å². The Morgan fingerprint density at radius 1 is 1.04 bits per heavy atom. The number of hydrogen-bond donors (Lipinski definition) is 1. The first kappa shape index (κ1) is 16.8. The van der Waals surface area contributed by atoms with Crippen molar-refractivity contribution in [2.24, 2.45) is 5.92 Å². The summed E-state index contributed by atoms with van der Waals surface area (Å²) in [6.07, 6.45) is 8.66. The largest absolute Gasteiger partial charge is 0.334 e. The van der Waals surface area contributed by atoms with Crippen molar-refractivity contribution >= 4 is 5.91 Å². The van der Waals surface area contributed by atoms with E-state index in [2.05, 4.69) is 45.4 Å². The van der Waals surface area contributed by atoms with Crippen LogP contribution in [0.15, 0.2) is 30.3 Å². The third-order valence-corrected chi connectivity index (χ3v) is 7.01. The van der Waals surface area contributed by atoms with Gasteiger partial charge >= 0.3 is 0 Å². The smallest absolute Gasteiger partial charge is 0.226 e. The summed E-state index contributed by atoms with van der Waals surface area (Å²) in [6.45, 7) is 3.03. The highest BCUT2D eigenvalue weighted by molar-refractivity contribution is 5.81. The van der Waals surface area contributed by atoms with E-state index in [-0.39, 0.29) is 0 Å². The van der Waals surface area contributed by atoms with Crippen molar-refractivity contribution in [2.45, 2.75) is 75.7 Å². The zero-order valence-electron chi connectivity index (χ0n) is 15.6. The van der Waals surface area contributed by atoms with Crippen LogP contribution in [0.25, 0.3) is 0 Å². The second-order valence-electron chi connectivity index (χ2n) is 8.93. The lowest BCUT2D eigenvalue weighted by Crippen LogP contribution is -2.49. The van der Waals surface area contributed by atoms with Crippen LogP contribution in [-0.4, -0.2) is 53.0 Å². The van der Waals surface area contributed by atoms with E-state index < -0.39 is 0 Å². The summed E-state index contributed by atoms with van der Waals surface area (Å²) in [6, 6.07) is 13.2. The van der Waals surface area contributed by atoms with Crippen LogP contribution >= 0.6 is 0 Å². The molecule has 1 N–H and O–H groups in total. The Bertz CT molecular complexity index is 632. The number of benzene rings is 1. The molecule has 4 nitrogen and oxygen atoms in total. The van der Waals surface area contributed by atoms with Crippen LogP contribution in [0.2, 0.25) is 0 Å². The van der Waals surface area contributed by atoms with E-state index >= 15 is 0 Å². The molecule has 0 aromatic heterocycles. The minimum Gasteiger partial charge on any atom is -0.334 e. The third kappa shape index (κ3) is 3.41. The van der Waals surface area contributed by atoms with Crippen LogP contribution in [0, 0.1) is 5.92 Å². The standard InChI is InChI=1S/C22H31N3O/c26-22(17-6-7-17)25(14-16-4-2-1-3-5-16)20-10-11-24(15-20)21-12-18-8-9-19(13-21)23-18/h1-5,17-21,23H,6-15H2. The molecular weight excluding hydrogens is 322 g/mol. The number of piperidine rings is 1. The van der Waals surface area contributed by atoms with Gasteiger partial charge in [0.25, 0.3) is 0 Å². The Balaban J connectivity index is 1.27. The summed E-state index contributed by atoms with van der Waals surface area (Å²) in [5, 5.41) is 3.76. The number of hydrogen-bond acceptors (Lipinski definition) is 3. The molecule has 0 radical (unpaired) electrons. The molecule has 1 aromatic rings. The highest BCUT2D eigenvalue weighted by atomic mass is 16.2. The zero-order valence-corrected chi connectivity index (χ0v) is 15.6. The Kier molecular flexibility index (Phi) is 4.49. The number of carbonyl (C=O) groups is 1. The number of nitrogens with one attached hydrogen (secondary N) is 1. The van der Waals surface area contributed by atoms with Gasteiger partial charge in [-0.25, -0.2) is 0 Å². The monoisotopic (exact) mass is 353 g/mol. The van der Waals surface area contributed by atoms with Crippen LogP contribution in [0.4, 0.5) is 0 Å². The molecular formula is C22H31N3O. The summed E-state index contributed by atoms with van der Waals surface area (Å²) in [5.74, 6) is 0.716. The molecule has 2 bridgehead atoms. The third-order valence-electron chi connectivity index (χ3n) is 7.01. The maximum absolute atomic E-state index is 13.0. The van der Waals surface area contributed by atoms with Crippen molar-refractivity contribution < 1.29 is 4.79 Å². The molecule has 3 heterocycles. The summed E-state index contributed by atoms with van der Waals surface area (Å²) >= 11 is 0. The number of carbonyl (C=O) groups excluding carboxylic acids is 1. The molecule has 5 rings (SSSR count). The summed E-state index contributed by atoms with van der Waals surface area (Å²) in [5.41, 5.74) is 1.26. The summed E-state index contributed by atoms with van der Waals surface area (Å²) < 4.78 is 0. The number of amides is 1. The van der Waals surface area contributed by atoms with E-state index in [9.17, 15) is 4.79 Å². The fourth-order valence-corrected chi connectivity index (χ4v) is 5.41. The Morgan fingerprint density at radius 3 is 2.46 bits per heavy atom. The molecule has 1 amide bonds. The second-order valence-corrected chi connectivity index (χ2v) is 8.93. The lowest BCUT2D eigenvalue weighted by molar-refractivity contribution is -0.135. The Hall–Kier alpha value is -1.39. The van der Waals surface area contributed by atoms with E-state index in [1.165, 1.54) is 31.2 Å². The van der Waals surface area contributed by atoms with E-state index in [4.69, 9.17) is 0 Å². The van der Waals surface area contributed by atoms with Crippen LogP contribution < -0.4 is 5.32 Å². The average Bonchev–Trinajstić information content (AvgIpc) is 3.32. The van der Waals surface area contributed by atoms with Gasteiger partial charge in [0.05, 0.1) is 0 Å². The summed E-state index contributed by atoms with van der Waals surface area (Å²) in [7, 11) is 0. The molecule has 4 fully saturated rings. The predicted octanol–water partition coefficient (Wildman–Crippen LogP) is 2.78. The molecule has 1 aromatic carbocycles. The van der Waals surface area contributed by atoms with E-state index in [0.717, 1.165) is 57.0 Å². The van der Waals surface area contributed by atoms with Gasteiger partial charge in [0.15, 0.2) is 0 Å². The Labute approximate surface area is 156 Å². The van der Waals surface area contributed by atoms with Crippen LogP contribution in [0.5, 0.6) is 0 Å². The lowest BCUT2D eigenvalue weighted by atomic mass is 9.98. The number of rotatable bonds is 5. The molecule has 4 aliphatic rings. The fraction of sp³-hybridized carbons (Fsp3) is 0.682. The van der Waals surface area contributed by atoms with E-state index in [0.29, 0.717) is 17.9 Å². The van der Waals surface area contributed by atoms with Crippen molar-refractivity contribution in [2.75, 3.05) is 13.1 Å². The molecule has 26 heavy (non-hydrogen) atoms. The van der Waals surface area contributed by atoms with Gasteiger partial charge in [-0.05, 0) is 50.5 Å². The Morgan fingerprint density at radius 2 is 1.77 bits per heavy atom. The average molecular weight is 354 g/mol. The first-order chi connectivity index (χ1) is 12.8. The van der Waals surface area contributed by atoms with Crippen LogP contribution in [-0.2, 0) is 11.3 Å². The van der Waals surface area contributed by atoms with Gasteiger partial charge in [-0.1, -0.05) is 30.3 Å². The number of fused-ring (bicyclic) bond motifs is 2. The summed E-state index contributed by atoms with van der Waals surface area (Å²) in [4.78, 5) is 17.9. The normalized spacial score (nSPS) is 34.2. The lowest BCUT2D eigenvalue weighted by Gasteiger charge is -2.36. The molecule has 4 heteroatoms. The van der Waals surface area contributed by atoms with Gasteiger partial charge in [0.2, 0.25) is 5.91 Å². The maximum Gasteiger partial charge on any atom is 0.226 e. The molecule has 3 unspecified atom stereocenters. The first-order valence-corrected chi connectivity index (χ1v) is 10.6. The van der Waals surface area contributed by atoms with E-state index in [1.807, 2.05) is 0 Å². The SMILES string of the molecule is O=C(C1CC1)N(Cc1ccccc1)C1CCN(C2CC3CCC(C2)N3)C1. The van der Waals surface area contributed by atoms with E-state index in [1.54, 1.807) is 0 Å². The zero-order chi connectivity index (χ0) is 17.5. The topological polar surface area (TPSA) is 35.6 Å². The molecule has 140 valence electrons. The van der Waals surface area contributed by atoms with Crippen molar-refractivity contribution in [1.82, 2.24) is 15.1 Å². The van der Waals surface area contributed by atoms with Crippen molar-refractivity contribution in [1.29, 1.82) is 0 Å². The first-order valence-electron chi connectivity index (χ1n) is 10.6. The number of likely N-dealkylation sites (tertiary alicyclic amines) is 1. The van der Waals surface area contributed by atoms with Gasteiger partial charge in [-0.15, -0.1) is 0 Å². The number of nitrogens with zero attached hydrogens (tertiary/aromatic N) is 2. The predicted molar refractivity (Wildman–Crippen MR) is 103 cm³/mol. The van der Waals surface area contributed by atoms with Gasteiger partial charge in [-0.2, -0.15) is 0 Å².